The van der Waals surface area contributed by atoms with Crippen molar-refractivity contribution in [2.45, 2.75) is 26.4 Å². The maximum absolute atomic E-state index is 12.6. The number of carbonyl (C=O) groups excluding carboxylic acids is 2. The van der Waals surface area contributed by atoms with Crippen molar-refractivity contribution in [2.75, 3.05) is 0 Å². The van der Waals surface area contributed by atoms with Gasteiger partial charge in [-0.2, -0.15) is 0 Å². The number of pyridine rings is 1. The van der Waals surface area contributed by atoms with Crippen molar-refractivity contribution in [3.05, 3.63) is 78.0 Å². The number of hydrogen-bond donors (Lipinski definition) is 0. The number of aldehydes is 1. The van der Waals surface area contributed by atoms with Gasteiger partial charge in [-0.15, -0.1) is 0 Å². The van der Waals surface area contributed by atoms with E-state index in [0.717, 1.165) is 33.6 Å². The zero-order chi connectivity index (χ0) is 20.6. The fourth-order valence-corrected chi connectivity index (χ4v) is 3.45. The third kappa shape index (κ3) is 3.74. The molecule has 0 N–H and O–H groups in total. The van der Waals surface area contributed by atoms with E-state index in [0.29, 0.717) is 16.8 Å². The maximum Gasteiger partial charge on any atom is 0.338 e. The van der Waals surface area contributed by atoms with Crippen molar-refractivity contribution in [2.24, 2.45) is 0 Å². The first-order valence-electron chi connectivity index (χ1n) is 9.47. The molecule has 3 aromatic carbocycles. The first-order chi connectivity index (χ1) is 13.9. The van der Waals surface area contributed by atoms with Crippen LogP contribution in [-0.4, -0.2) is 22.8 Å². The van der Waals surface area contributed by atoms with E-state index in [1.807, 2.05) is 45.0 Å². The summed E-state index contributed by atoms with van der Waals surface area (Å²) in [5.41, 5.74) is 2.73. The predicted molar refractivity (Wildman–Crippen MR) is 115 cm³/mol. The summed E-state index contributed by atoms with van der Waals surface area (Å²) in [5.74, 6) is -0.386. The van der Waals surface area contributed by atoms with Gasteiger partial charge in [0.2, 0.25) is 0 Å². The van der Waals surface area contributed by atoms with Crippen LogP contribution in [0.25, 0.3) is 32.8 Å². The maximum atomic E-state index is 12.6. The molecule has 0 bridgehead atoms. The Morgan fingerprint density at radius 2 is 1.66 bits per heavy atom. The molecular formula is C25H21NO3. The number of esters is 1. The van der Waals surface area contributed by atoms with Crippen molar-refractivity contribution in [1.82, 2.24) is 4.98 Å². The predicted octanol–water partition coefficient (Wildman–Crippen LogP) is 5.82. The zero-order valence-electron chi connectivity index (χ0n) is 16.6. The van der Waals surface area contributed by atoms with Gasteiger partial charge in [-0.05, 0) is 66.9 Å². The molecule has 4 aromatic rings. The molecule has 0 aliphatic rings. The van der Waals surface area contributed by atoms with E-state index < -0.39 is 5.60 Å². The van der Waals surface area contributed by atoms with E-state index in [4.69, 9.17) is 4.74 Å². The number of ether oxygens (including phenoxy) is 1. The average molecular weight is 383 g/mol. The van der Waals surface area contributed by atoms with Gasteiger partial charge in [-0.1, -0.05) is 42.5 Å². The summed E-state index contributed by atoms with van der Waals surface area (Å²) in [5, 5.41) is 2.98. The molecule has 4 heteroatoms. The Morgan fingerprint density at radius 1 is 0.897 bits per heavy atom. The van der Waals surface area contributed by atoms with Crippen molar-refractivity contribution < 1.29 is 14.3 Å². The fourth-order valence-electron chi connectivity index (χ4n) is 3.45. The van der Waals surface area contributed by atoms with Crippen LogP contribution in [0.4, 0.5) is 0 Å². The summed E-state index contributed by atoms with van der Waals surface area (Å²) in [6, 6.07) is 21.2. The molecule has 1 aromatic heterocycles. The molecule has 29 heavy (non-hydrogen) atoms. The minimum Gasteiger partial charge on any atom is -0.456 e. The van der Waals surface area contributed by atoms with Crippen LogP contribution in [0.15, 0.2) is 66.7 Å². The minimum atomic E-state index is -0.579. The number of aromatic nitrogens is 1. The summed E-state index contributed by atoms with van der Waals surface area (Å²) in [4.78, 5) is 28.5. The lowest BCUT2D eigenvalue weighted by molar-refractivity contribution is 0.00696. The monoisotopic (exact) mass is 383 g/mol. The van der Waals surface area contributed by atoms with E-state index in [9.17, 15) is 9.59 Å². The molecule has 4 nitrogen and oxygen atoms in total. The lowest BCUT2D eigenvalue weighted by atomic mass is 9.94. The second-order valence-corrected chi connectivity index (χ2v) is 7.97. The second kappa shape index (κ2) is 7.13. The van der Waals surface area contributed by atoms with Gasteiger partial charge in [0, 0.05) is 5.39 Å². The molecule has 144 valence electrons. The standard InChI is InChI=1S/C25H21NO3/c1-25(2,3)29-24(28)17-11-12-23-22(13-17)21(14-18(15-27)26-23)20-10-6-8-16-7-4-5-9-19(16)20/h4-15H,1-3H3. The Kier molecular flexibility index (Phi) is 4.63. The molecule has 0 aliphatic heterocycles. The lowest BCUT2D eigenvalue weighted by Crippen LogP contribution is -2.23. The summed E-state index contributed by atoms with van der Waals surface area (Å²) < 4.78 is 5.52. The quantitative estimate of drug-likeness (QED) is 0.330. The first kappa shape index (κ1) is 18.8. The molecule has 0 radical (unpaired) electrons. The Hall–Kier alpha value is -3.53. The summed E-state index contributed by atoms with van der Waals surface area (Å²) in [7, 11) is 0. The van der Waals surface area contributed by atoms with Gasteiger partial charge in [-0.25, -0.2) is 9.78 Å². The highest BCUT2D eigenvalue weighted by molar-refractivity contribution is 6.07. The third-order valence-corrected chi connectivity index (χ3v) is 4.66. The van der Waals surface area contributed by atoms with E-state index in [1.54, 1.807) is 24.3 Å². The molecule has 0 saturated heterocycles. The topological polar surface area (TPSA) is 56.3 Å². The van der Waals surface area contributed by atoms with Gasteiger partial charge >= 0.3 is 5.97 Å². The van der Waals surface area contributed by atoms with Crippen LogP contribution in [0.2, 0.25) is 0 Å². The Labute approximate surface area is 169 Å². The van der Waals surface area contributed by atoms with Crippen molar-refractivity contribution >= 4 is 33.9 Å². The number of rotatable bonds is 3. The van der Waals surface area contributed by atoms with E-state index in [-0.39, 0.29) is 5.97 Å². The summed E-state index contributed by atoms with van der Waals surface area (Å²) in [6.45, 7) is 5.52. The SMILES string of the molecule is CC(C)(C)OC(=O)c1ccc2nc(C=O)cc(-c3cccc4ccccc34)c2c1. The number of nitrogens with zero attached hydrogens (tertiary/aromatic N) is 1. The van der Waals surface area contributed by atoms with Crippen LogP contribution in [0.5, 0.6) is 0 Å². The normalized spacial score (nSPS) is 11.6. The van der Waals surface area contributed by atoms with Gasteiger partial charge in [0.1, 0.15) is 11.3 Å². The molecule has 0 amide bonds. The number of carbonyl (C=O) groups is 2. The van der Waals surface area contributed by atoms with E-state index >= 15 is 0 Å². The van der Waals surface area contributed by atoms with Crippen LogP contribution in [0.1, 0.15) is 41.6 Å². The lowest BCUT2D eigenvalue weighted by Gasteiger charge is -2.19. The average Bonchev–Trinajstić information content (AvgIpc) is 2.71. The Balaban J connectivity index is 1.97. The minimum absolute atomic E-state index is 0.352. The van der Waals surface area contributed by atoms with Crippen LogP contribution < -0.4 is 0 Å². The van der Waals surface area contributed by atoms with Gasteiger partial charge in [0.25, 0.3) is 0 Å². The molecule has 0 atom stereocenters. The summed E-state index contributed by atoms with van der Waals surface area (Å²) >= 11 is 0. The van der Waals surface area contributed by atoms with Crippen LogP contribution >= 0.6 is 0 Å². The summed E-state index contributed by atoms with van der Waals surface area (Å²) in [6.07, 6.45) is 0.746. The molecule has 0 spiro atoms. The zero-order valence-corrected chi connectivity index (χ0v) is 16.6. The van der Waals surface area contributed by atoms with Crippen molar-refractivity contribution in [1.29, 1.82) is 0 Å². The fraction of sp³-hybridized carbons (Fsp3) is 0.160. The van der Waals surface area contributed by atoms with Crippen LogP contribution in [0, 0.1) is 0 Å². The van der Waals surface area contributed by atoms with E-state index in [1.165, 1.54) is 0 Å². The van der Waals surface area contributed by atoms with Crippen molar-refractivity contribution in [3.8, 4) is 11.1 Å². The first-order valence-corrected chi connectivity index (χ1v) is 9.47. The molecule has 0 saturated carbocycles. The highest BCUT2D eigenvalue weighted by Crippen LogP contribution is 2.34. The largest absolute Gasteiger partial charge is 0.456 e. The number of fused-ring (bicyclic) bond motifs is 2. The van der Waals surface area contributed by atoms with Gasteiger partial charge in [0.05, 0.1) is 11.1 Å². The van der Waals surface area contributed by atoms with Gasteiger partial charge < -0.3 is 4.74 Å². The number of hydrogen-bond acceptors (Lipinski definition) is 4. The molecule has 1 heterocycles. The van der Waals surface area contributed by atoms with Crippen molar-refractivity contribution in [3.63, 3.8) is 0 Å². The van der Waals surface area contributed by atoms with Gasteiger partial charge in [-0.3, -0.25) is 4.79 Å². The third-order valence-electron chi connectivity index (χ3n) is 4.66. The molecular weight excluding hydrogens is 362 g/mol. The molecule has 4 rings (SSSR count). The van der Waals surface area contributed by atoms with Crippen LogP contribution in [0.3, 0.4) is 0 Å². The number of benzene rings is 3. The highest BCUT2D eigenvalue weighted by Gasteiger charge is 2.19. The Bertz CT molecular complexity index is 1250. The molecule has 0 aliphatic carbocycles. The second-order valence-electron chi connectivity index (χ2n) is 7.97. The van der Waals surface area contributed by atoms with E-state index in [2.05, 4.69) is 23.2 Å². The highest BCUT2D eigenvalue weighted by atomic mass is 16.6. The van der Waals surface area contributed by atoms with Gasteiger partial charge in [0.15, 0.2) is 6.29 Å². The Morgan fingerprint density at radius 3 is 2.41 bits per heavy atom. The molecule has 0 unspecified atom stereocenters. The molecule has 0 fully saturated rings. The smallest absolute Gasteiger partial charge is 0.338 e. The van der Waals surface area contributed by atoms with Crippen LogP contribution in [-0.2, 0) is 4.74 Å².